The van der Waals surface area contributed by atoms with Crippen LogP contribution in [0.4, 0.5) is 5.82 Å². The second-order valence-electron chi connectivity index (χ2n) is 3.59. The Morgan fingerprint density at radius 1 is 1.24 bits per heavy atom. The monoisotopic (exact) mass is 246 g/mol. The minimum absolute atomic E-state index is 0.793. The van der Waals surface area contributed by atoms with Crippen LogP contribution in [-0.2, 0) is 5.75 Å². The summed E-state index contributed by atoms with van der Waals surface area (Å²) in [6.45, 7) is 1.98. The van der Waals surface area contributed by atoms with Gasteiger partial charge in [0, 0.05) is 37.0 Å². The lowest BCUT2D eigenvalue weighted by Crippen LogP contribution is -1.97. The minimum Gasteiger partial charge on any atom is -0.373 e. The Hall–Kier alpha value is -1.62. The van der Waals surface area contributed by atoms with Crippen LogP contribution in [-0.4, -0.2) is 22.0 Å². The fraction of sp³-hybridized carbons (Fsp3) is 0.250. The molecule has 0 saturated heterocycles. The van der Waals surface area contributed by atoms with Gasteiger partial charge in [0.2, 0.25) is 0 Å². The van der Waals surface area contributed by atoms with Crippen molar-refractivity contribution in [2.45, 2.75) is 17.8 Å². The van der Waals surface area contributed by atoms with E-state index in [2.05, 4.69) is 26.3 Å². The first-order chi connectivity index (χ1) is 8.29. The van der Waals surface area contributed by atoms with E-state index in [4.69, 9.17) is 0 Å². The van der Waals surface area contributed by atoms with E-state index in [0.29, 0.717) is 0 Å². The van der Waals surface area contributed by atoms with Crippen LogP contribution in [0.5, 0.6) is 0 Å². The van der Waals surface area contributed by atoms with Crippen molar-refractivity contribution in [1.29, 1.82) is 0 Å². The molecule has 88 valence electrons. The molecule has 0 bridgehead atoms. The maximum atomic E-state index is 4.26. The third kappa shape index (κ3) is 3.17. The van der Waals surface area contributed by atoms with Gasteiger partial charge in [-0.05, 0) is 18.6 Å². The molecule has 0 amide bonds. The highest BCUT2D eigenvalue weighted by Gasteiger charge is 2.03. The number of pyridine rings is 1. The van der Waals surface area contributed by atoms with Crippen molar-refractivity contribution >= 4 is 17.6 Å². The van der Waals surface area contributed by atoms with Crippen molar-refractivity contribution in [2.24, 2.45) is 0 Å². The maximum absolute atomic E-state index is 4.26. The molecule has 0 aliphatic rings. The fourth-order valence-electron chi connectivity index (χ4n) is 1.38. The molecular weight excluding hydrogens is 232 g/mol. The molecular formula is C12H14N4S. The number of rotatable bonds is 4. The quantitative estimate of drug-likeness (QED) is 0.663. The molecule has 2 aromatic heterocycles. The summed E-state index contributed by atoms with van der Waals surface area (Å²) in [6, 6.07) is 3.99. The first kappa shape index (κ1) is 11.9. The van der Waals surface area contributed by atoms with E-state index in [-0.39, 0.29) is 0 Å². The smallest absolute Gasteiger partial charge is 0.187 e. The summed E-state index contributed by atoms with van der Waals surface area (Å²) in [5.74, 6) is 1.72. The Labute approximate surface area is 105 Å². The van der Waals surface area contributed by atoms with Crippen molar-refractivity contribution in [2.75, 3.05) is 12.4 Å². The Bertz CT molecular complexity index is 484. The van der Waals surface area contributed by atoms with Crippen molar-refractivity contribution in [3.8, 4) is 0 Å². The Kier molecular flexibility index (Phi) is 3.93. The summed E-state index contributed by atoms with van der Waals surface area (Å²) < 4.78 is 0. The van der Waals surface area contributed by atoms with Crippen LogP contribution in [0.1, 0.15) is 11.1 Å². The Morgan fingerprint density at radius 3 is 2.71 bits per heavy atom. The number of thioether (sulfide) groups is 1. The highest BCUT2D eigenvalue weighted by atomic mass is 32.2. The second kappa shape index (κ2) is 5.63. The molecule has 5 heteroatoms. The molecule has 0 aromatic carbocycles. The van der Waals surface area contributed by atoms with E-state index in [9.17, 15) is 0 Å². The zero-order valence-corrected chi connectivity index (χ0v) is 10.7. The van der Waals surface area contributed by atoms with Crippen LogP contribution in [0, 0.1) is 6.92 Å². The number of hydrogen-bond acceptors (Lipinski definition) is 5. The number of anilines is 1. The van der Waals surface area contributed by atoms with Gasteiger partial charge in [-0.25, -0.2) is 15.0 Å². The third-order valence-corrected chi connectivity index (χ3v) is 3.17. The number of hydrogen-bond donors (Lipinski definition) is 1. The van der Waals surface area contributed by atoms with Crippen molar-refractivity contribution < 1.29 is 0 Å². The molecule has 0 saturated carbocycles. The maximum Gasteiger partial charge on any atom is 0.187 e. The lowest BCUT2D eigenvalue weighted by Gasteiger charge is -2.06. The number of nitrogens with one attached hydrogen (secondary N) is 1. The zero-order valence-electron chi connectivity index (χ0n) is 9.84. The van der Waals surface area contributed by atoms with Crippen molar-refractivity contribution in [3.63, 3.8) is 0 Å². The number of aromatic nitrogens is 3. The number of nitrogens with zero attached hydrogens (tertiary/aromatic N) is 3. The molecule has 2 rings (SSSR count). The SMILES string of the molecule is CNc1ncccc1CSc1ncc(C)cn1. The van der Waals surface area contributed by atoms with Crippen LogP contribution in [0.3, 0.4) is 0 Å². The molecule has 2 aromatic rings. The summed E-state index contributed by atoms with van der Waals surface area (Å²) in [4.78, 5) is 12.8. The van der Waals surface area contributed by atoms with Crippen LogP contribution in [0.25, 0.3) is 0 Å². The molecule has 0 spiro atoms. The van der Waals surface area contributed by atoms with E-state index < -0.39 is 0 Å². The standard InChI is InChI=1S/C12H14N4S/c1-9-6-15-12(16-7-9)17-8-10-4-3-5-14-11(10)13-2/h3-7H,8H2,1-2H3,(H,13,14). The average Bonchev–Trinajstić information content (AvgIpc) is 2.38. The average molecular weight is 246 g/mol. The molecule has 0 fully saturated rings. The van der Waals surface area contributed by atoms with Crippen LogP contribution >= 0.6 is 11.8 Å². The van der Waals surface area contributed by atoms with Crippen molar-refractivity contribution in [1.82, 2.24) is 15.0 Å². The predicted molar refractivity (Wildman–Crippen MR) is 70.1 cm³/mol. The fourth-order valence-corrected chi connectivity index (χ4v) is 2.15. The van der Waals surface area contributed by atoms with Gasteiger partial charge < -0.3 is 5.32 Å². The molecule has 1 N–H and O–H groups in total. The highest BCUT2D eigenvalue weighted by molar-refractivity contribution is 7.98. The topological polar surface area (TPSA) is 50.7 Å². The molecule has 0 radical (unpaired) electrons. The zero-order chi connectivity index (χ0) is 12.1. The Balaban J connectivity index is 2.04. The largest absolute Gasteiger partial charge is 0.373 e. The van der Waals surface area contributed by atoms with E-state index in [1.165, 1.54) is 0 Å². The molecule has 0 aliphatic heterocycles. The normalized spacial score (nSPS) is 10.2. The van der Waals surface area contributed by atoms with E-state index in [0.717, 1.165) is 27.9 Å². The van der Waals surface area contributed by atoms with Gasteiger partial charge in [-0.1, -0.05) is 17.8 Å². The first-order valence-corrected chi connectivity index (χ1v) is 6.31. The van der Waals surface area contributed by atoms with Crippen molar-refractivity contribution in [3.05, 3.63) is 41.9 Å². The van der Waals surface area contributed by atoms with Gasteiger partial charge in [0.15, 0.2) is 5.16 Å². The lowest BCUT2D eigenvalue weighted by molar-refractivity contribution is 0.949. The summed E-state index contributed by atoms with van der Waals surface area (Å²) in [6.07, 6.45) is 5.44. The summed E-state index contributed by atoms with van der Waals surface area (Å²) in [5, 5.41) is 3.87. The molecule has 0 unspecified atom stereocenters. The highest BCUT2D eigenvalue weighted by Crippen LogP contribution is 2.22. The molecule has 2 heterocycles. The predicted octanol–water partition coefficient (Wildman–Crippen LogP) is 2.51. The second-order valence-corrected chi connectivity index (χ2v) is 4.54. The first-order valence-electron chi connectivity index (χ1n) is 5.32. The van der Waals surface area contributed by atoms with Crippen LogP contribution in [0.2, 0.25) is 0 Å². The summed E-state index contributed by atoms with van der Waals surface area (Å²) in [7, 11) is 1.87. The van der Waals surface area contributed by atoms with E-state index in [1.807, 2.05) is 32.4 Å². The summed E-state index contributed by atoms with van der Waals surface area (Å²) >= 11 is 1.61. The van der Waals surface area contributed by atoms with Gasteiger partial charge in [-0.3, -0.25) is 0 Å². The molecule has 0 atom stereocenters. The van der Waals surface area contributed by atoms with Gasteiger partial charge in [0.25, 0.3) is 0 Å². The van der Waals surface area contributed by atoms with E-state index >= 15 is 0 Å². The molecule has 0 aliphatic carbocycles. The van der Waals surface area contributed by atoms with Crippen LogP contribution in [0.15, 0.2) is 35.9 Å². The lowest BCUT2D eigenvalue weighted by atomic mass is 10.3. The van der Waals surface area contributed by atoms with Gasteiger partial charge in [-0.2, -0.15) is 0 Å². The van der Waals surface area contributed by atoms with Crippen LogP contribution < -0.4 is 5.32 Å². The number of aryl methyl sites for hydroxylation is 1. The summed E-state index contributed by atoms with van der Waals surface area (Å²) in [5.41, 5.74) is 2.23. The molecule has 4 nitrogen and oxygen atoms in total. The van der Waals surface area contributed by atoms with Gasteiger partial charge >= 0.3 is 0 Å². The van der Waals surface area contributed by atoms with E-state index in [1.54, 1.807) is 18.0 Å². The van der Waals surface area contributed by atoms with Gasteiger partial charge in [0.1, 0.15) is 5.82 Å². The molecule has 17 heavy (non-hydrogen) atoms. The Morgan fingerprint density at radius 2 is 2.00 bits per heavy atom. The third-order valence-electron chi connectivity index (χ3n) is 2.24. The van der Waals surface area contributed by atoms with Gasteiger partial charge in [-0.15, -0.1) is 0 Å². The minimum atomic E-state index is 0.793. The van der Waals surface area contributed by atoms with Gasteiger partial charge in [0.05, 0.1) is 0 Å².